The van der Waals surface area contributed by atoms with Crippen LogP contribution in [0.25, 0.3) is 16.9 Å². The van der Waals surface area contributed by atoms with Gasteiger partial charge in [0, 0.05) is 39.6 Å². The van der Waals surface area contributed by atoms with Crippen LogP contribution >= 0.6 is 0 Å². The van der Waals surface area contributed by atoms with Crippen molar-refractivity contribution in [1.29, 1.82) is 0 Å². The van der Waals surface area contributed by atoms with Crippen LogP contribution in [0.2, 0.25) is 0 Å². The van der Waals surface area contributed by atoms with Crippen LogP contribution in [0.3, 0.4) is 0 Å². The molecule has 2 N–H and O–H groups in total. The Balaban J connectivity index is 0.000000952. The Morgan fingerprint density at radius 1 is 0.429 bits per heavy atom. The van der Waals surface area contributed by atoms with E-state index in [9.17, 15) is 5.53 Å². The Labute approximate surface area is 438 Å². The van der Waals surface area contributed by atoms with Gasteiger partial charge in [-0.25, -0.2) is 4.70 Å². The second-order valence-electron chi connectivity index (χ2n) is 19.0. The number of aryl methyl sites for hydroxylation is 4. The molecular weight excluding hydrogens is 899 g/mol. The zero-order valence-electron chi connectivity index (χ0n) is 45.3. The number of phenols is 2. The second kappa shape index (κ2) is 37.4. The molecule has 0 radical (unpaired) electrons. The van der Waals surface area contributed by atoms with Gasteiger partial charge in [-0.05, 0) is 140 Å². The van der Waals surface area contributed by atoms with Gasteiger partial charge in [0.05, 0.1) is 0 Å². The second-order valence-corrected chi connectivity index (χ2v) is 19.0. The van der Waals surface area contributed by atoms with Crippen molar-refractivity contribution in [3.8, 4) is 23.3 Å². The van der Waals surface area contributed by atoms with Crippen molar-refractivity contribution in [2.45, 2.75) is 229 Å². The summed E-state index contributed by atoms with van der Waals surface area (Å²) in [5.41, 5.74) is 27.5. The van der Waals surface area contributed by atoms with Crippen molar-refractivity contribution in [3.05, 3.63) is 146 Å². The largest absolute Gasteiger partial charge is 0.508 e. The standard InChI is InChI=1S/C53H82N2.2C6H6O.Ni/c1-9-17-19-21-22-23-24-25-26-27-28-29-30-31-32-33-35-37-51-50(36-34-20-18-10-2)52(46-38-42(11-3)48(15-7)43(12-4)39-46)55(54)53(51)47-40-44(13-5)49(16-8)45(14-6)41-47;2*7-6-4-2-1-3-5-6;/h38-41H,9-34,36H2,1-8H3;2*1-5,7H;. The van der Waals surface area contributed by atoms with Gasteiger partial charge in [-0.15, -0.1) is 0 Å². The number of hydrogen-bond donors (Lipinski definition) is 2. The van der Waals surface area contributed by atoms with Gasteiger partial charge < -0.3 is 15.7 Å². The van der Waals surface area contributed by atoms with Crippen molar-refractivity contribution in [3.63, 3.8) is 0 Å². The first-order valence-electron chi connectivity index (χ1n) is 28.0. The first-order chi connectivity index (χ1) is 33.7. The van der Waals surface area contributed by atoms with Gasteiger partial charge in [-0.3, -0.25) is 0 Å². The molecule has 1 heterocycles. The van der Waals surface area contributed by atoms with E-state index in [1.165, 1.54) is 148 Å². The summed E-state index contributed by atoms with van der Waals surface area (Å²) in [6.07, 6.45) is 33.3. The van der Waals surface area contributed by atoms with Crippen LogP contribution in [-0.2, 0) is 55.0 Å². The molecule has 0 bridgehead atoms. The molecule has 386 valence electrons. The normalized spacial score (nSPS) is 11.9. The third-order valence-electron chi connectivity index (χ3n) is 13.8. The number of allylic oxidation sites excluding steroid dienone is 2. The Bertz CT molecular complexity index is 2110. The van der Waals surface area contributed by atoms with E-state index in [2.05, 4.69) is 91.5 Å². The van der Waals surface area contributed by atoms with Gasteiger partial charge in [0.25, 0.3) is 0 Å². The third-order valence-corrected chi connectivity index (χ3v) is 13.8. The zero-order valence-corrected chi connectivity index (χ0v) is 46.3. The van der Waals surface area contributed by atoms with Crippen LogP contribution in [0.15, 0.2) is 96.1 Å². The molecule has 0 spiro atoms. The number of aromatic hydroxyl groups is 2. The number of benzene rings is 4. The summed E-state index contributed by atoms with van der Waals surface area (Å²) in [4.78, 5) is 0. The topological polar surface area (TPSA) is 65.8 Å². The molecule has 0 amide bonds. The Morgan fingerprint density at radius 3 is 1.10 bits per heavy atom. The Hall–Kier alpha value is -4.39. The van der Waals surface area contributed by atoms with E-state index in [0.29, 0.717) is 11.5 Å². The van der Waals surface area contributed by atoms with Crippen LogP contribution in [0.5, 0.6) is 11.5 Å². The minimum atomic E-state index is 0. The SMILES string of the molecule is CCCCCCCCCCCCCCCCCC#CC1=C(c2cc(CC)c(CC)c(CC)c2)[N+](=[N-])C(c2cc(CC)c(CC)c(CC)c2)=C1CCCCCC.Oc1ccccc1.Oc1ccccc1.[Ni]. The van der Waals surface area contributed by atoms with Crippen molar-refractivity contribution in [2.24, 2.45) is 0 Å². The smallest absolute Gasteiger partial charge is 0.223 e. The molecule has 70 heavy (non-hydrogen) atoms. The monoisotopic (exact) mass is 993 g/mol. The van der Waals surface area contributed by atoms with E-state index >= 15 is 0 Å². The summed E-state index contributed by atoms with van der Waals surface area (Å²) in [6.45, 7) is 18.2. The molecular formula is C65H94N2NiO2. The fraction of sp³-hybridized carbons (Fsp3) is 0.538. The summed E-state index contributed by atoms with van der Waals surface area (Å²) in [5, 5.41) is 17.3. The number of rotatable bonds is 28. The molecule has 0 aliphatic carbocycles. The van der Waals surface area contributed by atoms with Crippen molar-refractivity contribution < 1.29 is 31.4 Å². The zero-order chi connectivity index (χ0) is 50.1. The van der Waals surface area contributed by atoms with Gasteiger partial charge in [0.2, 0.25) is 11.4 Å². The molecule has 1 aliphatic heterocycles. The first kappa shape index (κ1) is 61.7. The van der Waals surface area contributed by atoms with Crippen LogP contribution in [0.1, 0.15) is 235 Å². The molecule has 5 heteroatoms. The molecule has 0 saturated carbocycles. The maximum atomic E-state index is 12.5. The fourth-order valence-corrected chi connectivity index (χ4v) is 9.91. The summed E-state index contributed by atoms with van der Waals surface area (Å²) >= 11 is 0. The third kappa shape index (κ3) is 21.1. The van der Waals surface area contributed by atoms with Gasteiger partial charge in [-0.1, -0.05) is 213 Å². The van der Waals surface area contributed by atoms with Crippen molar-refractivity contribution in [2.75, 3.05) is 0 Å². The molecule has 4 nitrogen and oxygen atoms in total. The molecule has 0 aromatic heterocycles. The predicted molar refractivity (Wildman–Crippen MR) is 299 cm³/mol. The quantitative estimate of drug-likeness (QED) is 0.0258. The van der Waals surface area contributed by atoms with E-state index in [4.69, 9.17) is 10.2 Å². The van der Waals surface area contributed by atoms with Gasteiger partial charge in [-0.2, -0.15) is 0 Å². The number of phenolic OH excluding ortho intramolecular Hbond substituents is 2. The average molecular weight is 994 g/mol. The van der Waals surface area contributed by atoms with Gasteiger partial charge in [0.1, 0.15) is 17.1 Å². The minimum absolute atomic E-state index is 0. The van der Waals surface area contributed by atoms with Gasteiger partial charge in [0.15, 0.2) is 0 Å². The van der Waals surface area contributed by atoms with E-state index in [1.807, 2.05) is 12.1 Å². The molecule has 0 fully saturated rings. The molecule has 0 unspecified atom stereocenters. The first-order valence-corrected chi connectivity index (χ1v) is 28.0. The fourth-order valence-electron chi connectivity index (χ4n) is 9.91. The Kier molecular flexibility index (Phi) is 33.0. The minimum Gasteiger partial charge on any atom is -0.508 e. The molecule has 4 aromatic rings. The van der Waals surface area contributed by atoms with Crippen LogP contribution in [0, 0.1) is 11.8 Å². The van der Waals surface area contributed by atoms with E-state index in [1.54, 1.807) is 53.2 Å². The van der Waals surface area contributed by atoms with Crippen LogP contribution in [0.4, 0.5) is 0 Å². The maximum absolute atomic E-state index is 12.5. The van der Waals surface area contributed by atoms with Crippen LogP contribution in [-0.4, -0.2) is 14.9 Å². The predicted octanol–water partition coefficient (Wildman–Crippen LogP) is 19.2. The molecule has 0 saturated heterocycles. The van der Waals surface area contributed by atoms with Gasteiger partial charge >= 0.3 is 0 Å². The summed E-state index contributed by atoms with van der Waals surface area (Å²) in [7, 11) is 0. The van der Waals surface area contributed by atoms with E-state index in [0.717, 1.165) is 92.3 Å². The summed E-state index contributed by atoms with van der Waals surface area (Å²) in [5.74, 6) is 8.06. The summed E-state index contributed by atoms with van der Waals surface area (Å²) < 4.78 is 1.56. The van der Waals surface area contributed by atoms with Crippen molar-refractivity contribution >= 4 is 11.4 Å². The van der Waals surface area contributed by atoms with E-state index in [-0.39, 0.29) is 16.5 Å². The average Bonchev–Trinajstić information content (AvgIpc) is 3.65. The molecule has 1 aliphatic rings. The van der Waals surface area contributed by atoms with E-state index < -0.39 is 0 Å². The molecule has 4 aromatic carbocycles. The number of unbranched alkanes of at least 4 members (excludes halogenated alkanes) is 18. The number of nitrogens with zero attached hydrogens (tertiary/aromatic N) is 2. The summed E-state index contributed by atoms with van der Waals surface area (Å²) in [6, 6.07) is 26.9. The van der Waals surface area contributed by atoms with Crippen molar-refractivity contribution in [1.82, 2.24) is 0 Å². The maximum Gasteiger partial charge on any atom is 0.223 e. The molecule has 0 atom stereocenters. The molecule has 5 rings (SSSR count). The number of hydrogen-bond acceptors (Lipinski definition) is 2. The number of para-hydroxylation sites is 2. The Morgan fingerprint density at radius 2 is 0.771 bits per heavy atom. The van der Waals surface area contributed by atoms with Crippen LogP contribution < -0.4 is 0 Å².